The lowest BCUT2D eigenvalue weighted by Crippen LogP contribution is -2.04. The summed E-state index contributed by atoms with van der Waals surface area (Å²) < 4.78 is 3.08. The summed E-state index contributed by atoms with van der Waals surface area (Å²) in [6, 6.07) is 6.04. The predicted molar refractivity (Wildman–Crippen MR) is 79.5 cm³/mol. The van der Waals surface area contributed by atoms with Crippen molar-refractivity contribution in [3.05, 3.63) is 38.7 Å². The Balaban J connectivity index is 2.61. The number of nitrogens with two attached hydrogens (primary N) is 1. The third-order valence-corrected chi connectivity index (χ3v) is 3.68. The van der Waals surface area contributed by atoms with Gasteiger partial charge in [-0.05, 0) is 66.6 Å². The highest BCUT2D eigenvalue weighted by atomic mass is 127. The van der Waals surface area contributed by atoms with E-state index in [2.05, 4.69) is 41.5 Å². The Morgan fingerprint density at radius 1 is 1.35 bits per heavy atom. The Hall–Kier alpha value is -1.04. The smallest absolute Gasteiger partial charge is 0.0878 e. The Bertz CT molecular complexity index is 558. The standard InChI is InChI=1S/C13H16IN3/c1-4-11-8(2)16-17(9(11)3)13-6-5-10(14)7-12(13)15/h5-7H,4,15H2,1-3H3. The molecule has 2 rings (SSSR count). The van der Waals surface area contributed by atoms with Gasteiger partial charge in [-0.1, -0.05) is 6.92 Å². The number of aryl methyl sites for hydroxylation is 1. The number of rotatable bonds is 2. The molecule has 4 heteroatoms. The summed E-state index contributed by atoms with van der Waals surface area (Å²) in [5, 5.41) is 4.58. The second-order valence-electron chi connectivity index (χ2n) is 4.12. The molecule has 0 saturated heterocycles. The van der Waals surface area contributed by atoms with Gasteiger partial charge in [0.2, 0.25) is 0 Å². The predicted octanol–water partition coefficient (Wildman–Crippen LogP) is 3.24. The number of anilines is 1. The van der Waals surface area contributed by atoms with Crippen LogP contribution in [0.3, 0.4) is 0 Å². The summed E-state index contributed by atoms with van der Waals surface area (Å²) in [5.41, 5.74) is 11.4. The van der Waals surface area contributed by atoms with Crippen LogP contribution in [0.2, 0.25) is 0 Å². The normalized spacial score (nSPS) is 10.8. The van der Waals surface area contributed by atoms with Crippen LogP contribution in [0.25, 0.3) is 5.69 Å². The van der Waals surface area contributed by atoms with Gasteiger partial charge in [-0.25, -0.2) is 4.68 Å². The molecule has 0 aliphatic rings. The van der Waals surface area contributed by atoms with E-state index < -0.39 is 0 Å². The monoisotopic (exact) mass is 341 g/mol. The number of nitrogens with zero attached hydrogens (tertiary/aromatic N) is 2. The van der Waals surface area contributed by atoms with E-state index in [4.69, 9.17) is 5.73 Å². The fourth-order valence-corrected chi connectivity index (χ4v) is 2.65. The molecule has 3 nitrogen and oxygen atoms in total. The Morgan fingerprint density at radius 3 is 2.59 bits per heavy atom. The summed E-state index contributed by atoms with van der Waals surface area (Å²) >= 11 is 2.26. The van der Waals surface area contributed by atoms with Gasteiger partial charge in [0.1, 0.15) is 0 Å². The molecule has 1 aromatic carbocycles. The molecule has 2 N–H and O–H groups in total. The molecule has 0 aliphatic carbocycles. The lowest BCUT2D eigenvalue weighted by Gasteiger charge is -2.08. The largest absolute Gasteiger partial charge is 0.397 e. The second-order valence-corrected chi connectivity index (χ2v) is 5.36. The van der Waals surface area contributed by atoms with Crippen molar-refractivity contribution in [3.63, 3.8) is 0 Å². The summed E-state index contributed by atoms with van der Waals surface area (Å²) in [4.78, 5) is 0. The van der Waals surface area contributed by atoms with E-state index in [-0.39, 0.29) is 0 Å². The molecule has 0 amide bonds. The lowest BCUT2D eigenvalue weighted by atomic mass is 10.1. The summed E-state index contributed by atoms with van der Waals surface area (Å²) in [6.07, 6.45) is 1.00. The number of aromatic nitrogens is 2. The zero-order chi connectivity index (χ0) is 12.6. The first kappa shape index (κ1) is 12.4. The molecule has 0 saturated carbocycles. The molecule has 90 valence electrons. The molecular weight excluding hydrogens is 325 g/mol. The topological polar surface area (TPSA) is 43.8 Å². The van der Waals surface area contributed by atoms with Crippen LogP contribution in [0.5, 0.6) is 0 Å². The highest BCUT2D eigenvalue weighted by Gasteiger charge is 2.12. The van der Waals surface area contributed by atoms with Gasteiger partial charge in [-0.2, -0.15) is 5.10 Å². The van der Waals surface area contributed by atoms with Crippen LogP contribution in [0, 0.1) is 17.4 Å². The lowest BCUT2D eigenvalue weighted by molar-refractivity contribution is 0.834. The SMILES string of the molecule is CCc1c(C)nn(-c2ccc(I)cc2N)c1C. The molecule has 0 unspecified atom stereocenters. The highest BCUT2D eigenvalue weighted by molar-refractivity contribution is 14.1. The molecule has 0 aliphatic heterocycles. The Kier molecular flexibility index (Phi) is 3.42. The minimum Gasteiger partial charge on any atom is -0.397 e. The maximum atomic E-state index is 6.06. The molecule has 0 spiro atoms. The Labute approximate surface area is 115 Å². The van der Waals surface area contributed by atoms with Crippen LogP contribution in [0.15, 0.2) is 18.2 Å². The van der Waals surface area contributed by atoms with Gasteiger partial charge in [-0.3, -0.25) is 0 Å². The average Bonchev–Trinajstić information content (AvgIpc) is 2.54. The van der Waals surface area contributed by atoms with Crippen LogP contribution in [0.4, 0.5) is 5.69 Å². The number of benzene rings is 1. The molecule has 0 fully saturated rings. The molecule has 1 aromatic heterocycles. The first-order valence-electron chi connectivity index (χ1n) is 5.65. The van der Waals surface area contributed by atoms with Crippen LogP contribution in [-0.4, -0.2) is 9.78 Å². The molecule has 0 bridgehead atoms. The number of nitrogen functional groups attached to an aromatic ring is 1. The van der Waals surface area contributed by atoms with Gasteiger partial charge in [0.25, 0.3) is 0 Å². The minimum absolute atomic E-state index is 0.769. The van der Waals surface area contributed by atoms with Gasteiger partial charge in [0.15, 0.2) is 0 Å². The van der Waals surface area contributed by atoms with E-state index in [1.165, 1.54) is 11.3 Å². The average molecular weight is 341 g/mol. The first-order chi connectivity index (χ1) is 8.04. The van der Waals surface area contributed by atoms with Crippen molar-refractivity contribution in [2.24, 2.45) is 0 Å². The van der Waals surface area contributed by atoms with E-state index in [0.29, 0.717) is 0 Å². The first-order valence-corrected chi connectivity index (χ1v) is 6.73. The van der Waals surface area contributed by atoms with Crippen molar-refractivity contribution >= 4 is 28.3 Å². The van der Waals surface area contributed by atoms with Crippen LogP contribution in [0.1, 0.15) is 23.9 Å². The molecular formula is C13H16IN3. The van der Waals surface area contributed by atoms with E-state index in [1.54, 1.807) is 0 Å². The summed E-state index contributed by atoms with van der Waals surface area (Å²) in [6.45, 7) is 6.29. The van der Waals surface area contributed by atoms with Gasteiger partial charge < -0.3 is 5.73 Å². The third kappa shape index (κ3) is 2.18. The maximum absolute atomic E-state index is 6.06. The molecule has 17 heavy (non-hydrogen) atoms. The van der Waals surface area contributed by atoms with Gasteiger partial charge in [0.05, 0.1) is 17.1 Å². The number of halogens is 1. The van der Waals surface area contributed by atoms with Crippen LogP contribution >= 0.6 is 22.6 Å². The van der Waals surface area contributed by atoms with Gasteiger partial charge in [0, 0.05) is 9.26 Å². The van der Waals surface area contributed by atoms with Crippen molar-refractivity contribution < 1.29 is 0 Å². The van der Waals surface area contributed by atoms with E-state index in [0.717, 1.165) is 27.1 Å². The van der Waals surface area contributed by atoms with E-state index in [1.807, 2.05) is 29.8 Å². The van der Waals surface area contributed by atoms with Crippen molar-refractivity contribution in [1.82, 2.24) is 9.78 Å². The quantitative estimate of drug-likeness (QED) is 0.673. The van der Waals surface area contributed by atoms with E-state index >= 15 is 0 Å². The highest BCUT2D eigenvalue weighted by Crippen LogP contribution is 2.23. The van der Waals surface area contributed by atoms with Crippen LogP contribution < -0.4 is 5.73 Å². The van der Waals surface area contributed by atoms with Crippen molar-refractivity contribution in [2.45, 2.75) is 27.2 Å². The third-order valence-electron chi connectivity index (χ3n) is 3.01. The fourth-order valence-electron chi connectivity index (χ4n) is 2.14. The van der Waals surface area contributed by atoms with Crippen molar-refractivity contribution in [3.8, 4) is 5.69 Å². The van der Waals surface area contributed by atoms with Gasteiger partial charge in [-0.15, -0.1) is 0 Å². The summed E-state index contributed by atoms with van der Waals surface area (Å²) in [7, 11) is 0. The second kappa shape index (κ2) is 4.68. The molecule has 2 aromatic rings. The van der Waals surface area contributed by atoms with Crippen molar-refractivity contribution in [1.29, 1.82) is 0 Å². The molecule has 0 radical (unpaired) electrons. The summed E-state index contributed by atoms with van der Waals surface area (Å²) in [5.74, 6) is 0. The van der Waals surface area contributed by atoms with Crippen molar-refractivity contribution in [2.75, 3.05) is 5.73 Å². The number of hydrogen-bond acceptors (Lipinski definition) is 2. The molecule has 1 heterocycles. The van der Waals surface area contributed by atoms with E-state index in [9.17, 15) is 0 Å². The fraction of sp³-hybridized carbons (Fsp3) is 0.308. The van der Waals surface area contributed by atoms with Gasteiger partial charge >= 0.3 is 0 Å². The zero-order valence-electron chi connectivity index (χ0n) is 10.3. The Morgan fingerprint density at radius 2 is 2.06 bits per heavy atom. The zero-order valence-corrected chi connectivity index (χ0v) is 12.4. The minimum atomic E-state index is 0.769. The maximum Gasteiger partial charge on any atom is 0.0878 e. The molecule has 0 atom stereocenters. The number of hydrogen-bond donors (Lipinski definition) is 1. The van der Waals surface area contributed by atoms with Crippen LogP contribution in [-0.2, 0) is 6.42 Å².